The molecule has 124 valence electrons. The molecule has 1 aromatic rings. The number of carbonyl (C=O) groups is 1. The Hall–Kier alpha value is -1.44. The summed E-state index contributed by atoms with van der Waals surface area (Å²) in [7, 11) is -4.47. The van der Waals surface area contributed by atoms with Gasteiger partial charge in [-0.3, -0.25) is 4.79 Å². The number of carbonyl (C=O) groups excluding carboxylic acids is 1. The Morgan fingerprint density at radius 3 is 2.68 bits per heavy atom. The van der Waals surface area contributed by atoms with E-state index in [2.05, 4.69) is 10.5 Å². The normalized spacial score (nSPS) is 22.7. The average Bonchev–Trinajstić information content (AvgIpc) is 2.95. The Bertz CT molecular complexity index is 648. The van der Waals surface area contributed by atoms with E-state index in [1.54, 1.807) is 6.07 Å². The average molecular weight is 332 g/mol. The number of rotatable bonds is 4. The standard InChI is InChI=1S/C14H21FN2O4S/c1-14(2,3)12-7-11(21-17-12)13(18)16-10-5-4-9(6-10)8-22(15,19)20/h7,9-10H,4-6,8H2,1-3H3,(H,16,18)/t9-,10+/m0/s1. The maximum atomic E-state index is 12.7. The third-order valence-electron chi connectivity index (χ3n) is 3.81. The largest absolute Gasteiger partial charge is 0.351 e. The Morgan fingerprint density at radius 1 is 1.45 bits per heavy atom. The van der Waals surface area contributed by atoms with Crippen molar-refractivity contribution in [1.82, 2.24) is 10.5 Å². The summed E-state index contributed by atoms with van der Waals surface area (Å²) in [5.74, 6) is -0.973. The lowest BCUT2D eigenvalue weighted by atomic mass is 9.92. The van der Waals surface area contributed by atoms with E-state index >= 15 is 0 Å². The first-order valence-electron chi connectivity index (χ1n) is 7.25. The molecule has 0 saturated heterocycles. The molecule has 0 spiro atoms. The highest BCUT2D eigenvalue weighted by molar-refractivity contribution is 7.86. The Balaban J connectivity index is 1.92. The summed E-state index contributed by atoms with van der Waals surface area (Å²) in [6.45, 7) is 5.89. The molecule has 1 aliphatic rings. The molecule has 8 heteroatoms. The smallest absolute Gasteiger partial charge is 0.302 e. The number of halogens is 1. The quantitative estimate of drug-likeness (QED) is 0.854. The molecule has 1 saturated carbocycles. The van der Waals surface area contributed by atoms with Crippen LogP contribution in [0.2, 0.25) is 0 Å². The van der Waals surface area contributed by atoms with Gasteiger partial charge < -0.3 is 9.84 Å². The van der Waals surface area contributed by atoms with Crippen LogP contribution in [-0.4, -0.2) is 31.3 Å². The molecular weight excluding hydrogens is 311 g/mol. The molecule has 2 atom stereocenters. The van der Waals surface area contributed by atoms with Gasteiger partial charge in [0.25, 0.3) is 5.91 Å². The lowest BCUT2D eigenvalue weighted by Gasteiger charge is -2.13. The van der Waals surface area contributed by atoms with E-state index in [4.69, 9.17) is 4.52 Å². The first-order chi connectivity index (χ1) is 10.0. The molecule has 1 heterocycles. The fraction of sp³-hybridized carbons (Fsp3) is 0.714. The van der Waals surface area contributed by atoms with E-state index < -0.39 is 16.0 Å². The van der Waals surface area contributed by atoms with E-state index in [0.29, 0.717) is 25.0 Å². The van der Waals surface area contributed by atoms with Crippen LogP contribution in [0.4, 0.5) is 3.89 Å². The van der Waals surface area contributed by atoms with Crippen LogP contribution in [0.25, 0.3) is 0 Å². The molecule has 0 aromatic carbocycles. The van der Waals surface area contributed by atoms with Crippen molar-refractivity contribution in [3.63, 3.8) is 0 Å². The van der Waals surface area contributed by atoms with E-state index in [1.807, 2.05) is 20.8 Å². The van der Waals surface area contributed by atoms with Gasteiger partial charge in [-0.1, -0.05) is 25.9 Å². The summed E-state index contributed by atoms with van der Waals surface area (Å²) >= 11 is 0. The van der Waals surface area contributed by atoms with Crippen molar-refractivity contribution in [2.75, 3.05) is 5.75 Å². The lowest BCUT2D eigenvalue weighted by molar-refractivity contribution is 0.0899. The highest BCUT2D eigenvalue weighted by Crippen LogP contribution is 2.28. The van der Waals surface area contributed by atoms with E-state index in [9.17, 15) is 17.1 Å². The summed E-state index contributed by atoms with van der Waals surface area (Å²) < 4.78 is 39.0. The van der Waals surface area contributed by atoms with Crippen molar-refractivity contribution < 1.29 is 21.6 Å². The predicted molar refractivity (Wildman–Crippen MR) is 78.7 cm³/mol. The van der Waals surface area contributed by atoms with Crippen LogP contribution in [0.1, 0.15) is 56.3 Å². The Morgan fingerprint density at radius 2 is 2.14 bits per heavy atom. The fourth-order valence-corrected chi connectivity index (χ4v) is 3.50. The predicted octanol–water partition coefficient (Wildman–Crippen LogP) is 2.17. The Labute approximate surface area is 129 Å². The van der Waals surface area contributed by atoms with Gasteiger partial charge in [-0.25, -0.2) is 0 Å². The molecule has 22 heavy (non-hydrogen) atoms. The number of hydrogen-bond acceptors (Lipinski definition) is 5. The van der Waals surface area contributed by atoms with Crippen LogP contribution in [0.15, 0.2) is 10.6 Å². The van der Waals surface area contributed by atoms with Gasteiger partial charge in [0.15, 0.2) is 0 Å². The number of amides is 1. The van der Waals surface area contributed by atoms with Gasteiger partial charge in [-0.05, 0) is 25.2 Å². The van der Waals surface area contributed by atoms with Crippen molar-refractivity contribution >= 4 is 16.1 Å². The van der Waals surface area contributed by atoms with E-state index in [-0.39, 0.29) is 29.0 Å². The molecule has 0 bridgehead atoms. The zero-order valence-corrected chi connectivity index (χ0v) is 13.7. The second-order valence-electron chi connectivity index (χ2n) is 6.88. The fourth-order valence-electron chi connectivity index (χ4n) is 2.63. The van der Waals surface area contributed by atoms with Crippen LogP contribution in [0, 0.1) is 5.92 Å². The van der Waals surface area contributed by atoms with Crippen molar-refractivity contribution in [3.05, 3.63) is 17.5 Å². The molecule has 0 aliphatic heterocycles. The summed E-state index contributed by atoms with van der Waals surface area (Å²) in [6, 6.07) is 1.44. The highest BCUT2D eigenvalue weighted by Gasteiger charge is 2.30. The summed E-state index contributed by atoms with van der Waals surface area (Å²) in [6.07, 6.45) is 1.67. The van der Waals surface area contributed by atoms with Gasteiger partial charge >= 0.3 is 10.2 Å². The third kappa shape index (κ3) is 4.53. The van der Waals surface area contributed by atoms with Gasteiger partial charge in [0, 0.05) is 17.5 Å². The molecular formula is C14H21FN2O4S. The highest BCUT2D eigenvalue weighted by atomic mass is 32.3. The lowest BCUT2D eigenvalue weighted by Crippen LogP contribution is -2.33. The molecule has 2 rings (SSSR count). The Kier molecular flexibility index (Phi) is 4.60. The maximum Gasteiger partial charge on any atom is 0.302 e. The topological polar surface area (TPSA) is 89.3 Å². The molecule has 0 unspecified atom stereocenters. The molecule has 1 amide bonds. The molecule has 6 nitrogen and oxygen atoms in total. The van der Waals surface area contributed by atoms with Crippen molar-refractivity contribution in [2.45, 2.75) is 51.5 Å². The second kappa shape index (κ2) is 5.98. The third-order valence-corrected chi connectivity index (χ3v) is 4.68. The maximum absolute atomic E-state index is 12.7. The van der Waals surface area contributed by atoms with Gasteiger partial charge in [0.05, 0.1) is 11.4 Å². The number of nitrogens with zero attached hydrogens (tertiary/aromatic N) is 1. The minimum atomic E-state index is -4.47. The molecule has 0 radical (unpaired) electrons. The number of hydrogen-bond donors (Lipinski definition) is 1. The number of aromatic nitrogens is 1. The minimum Gasteiger partial charge on any atom is -0.351 e. The van der Waals surface area contributed by atoms with Crippen LogP contribution in [0.3, 0.4) is 0 Å². The minimum absolute atomic E-state index is 0.131. The summed E-state index contributed by atoms with van der Waals surface area (Å²) in [5, 5.41) is 6.67. The number of nitrogens with one attached hydrogen (secondary N) is 1. The van der Waals surface area contributed by atoms with Crippen LogP contribution < -0.4 is 5.32 Å². The zero-order valence-electron chi connectivity index (χ0n) is 12.9. The first kappa shape index (κ1) is 16.9. The summed E-state index contributed by atoms with van der Waals surface area (Å²) in [5.41, 5.74) is 0.473. The van der Waals surface area contributed by atoms with Crippen molar-refractivity contribution in [1.29, 1.82) is 0 Å². The van der Waals surface area contributed by atoms with E-state index in [1.165, 1.54) is 0 Å². The molecule has 1 fully saturated rings. The van der Waals surface area contributed by atoms with Gasteiger partial charge in [-0.15, -0.1) is 3.89 Å². The van der Waals surface area contributed by atoms with Gasteiger partial charge in [0.1, 0.15) is 0 Å². The van der Waals surface area contributed by atoms with Crippen LogP contribution >= 0.6 is 0 Å². The first-order valence-corrected chi connectivity index (χ1v) is 8.80. The summed E-state index contributed by atoms with van der Waals surface area (Å²) in [4.78, 5) is 12.1. The molecule has 1 aromatic heterocycles. The zero-order chi connectivity index (χ0) is 16.5. The SMILES string of the molecule is CC(C)(C)c1cc(C(=O)N[C@@H]2CC[C@H](CS(=O)(=O)F)C2)on1. The molecule has 1 N–H and O–H groups in total. The van der Waals surface area contributed by atoms with Gasteiger partial charge in [-0.2, -0.15) is 8.42 Å². The monoisotopic (exact) mass is 332 g/mol. The van der Waals surface area contributed by atoms with Crippen molar-refractivity contribution in [3.8, 4) is 0 Å². The second-order valence-corrected chi connectivity index (χ2v) is 8.29. The van der Waals surface area contributed by atoms with E-state index in [0.717, 1.165) is 0 Å². The van der Waals surface area contributed by atoms with Crippen LogP contribution in [0.5, 0.6) is 0 Å². The van der Waals surface area contributed by atoms with Crippen LogP contribution in [-0.2, 0) is 15.6 Å². The van der Waals surface area contributed by atoms with Crippen molar-refractivity contribution in [2.24, 2.45) is 5.92 Å². The molecule has 1 aliphatic carbocycles. The van der Waals surface area contributed by atoms with Gasteiger partial charge in [0.2, 0.25) is 5.76 Å².